The Balaban J connectivity index is 3.42. The maximum atomic E-state index is 5.29. The van der Waals surface area contributed by atoms with Crippen molar-refractivity contribution in [3.8, 4) is 0 Å². The van der Waals surface area contributed by atoms with Crippen LogP contribution in [0.5, 0.6) is 0 Å². The van der Waals surface area contributed by atoms with E-state index in [0.29, 0.717) is 5.96 Å². The monoisotopic (exact) mass is 202 g/mol. The van der Waals surface area contributed by atoms with E-state index in [1.54, 1.807) is 7.11 Å². The third-order valence-corrected chi connectivity index (χ3v) is 1.70. The average molecular weight is 202 g/mol. The lowest BCUT2D eigenvalue weighted by Crippen LogP contribution is -2.42. The molecule has 0 saturated heterocycles. The van der Waals surface area contributed by atoms with Gasteiger partial charge in [0.15, 0.2) is 0 Å². The minimum Gasteiger partial charge on any atom is -0.385 e. The average Bonchev–Trinajstić information content (AvgIpc) is 2.22. The molecule has 0 aromatic carbocycles. The molecule has 0 aromatic rings. The molecule has 0 saturated carbocycles. The summed E-state index contributed by atoms with van der Waals surface area (Å²) in [5, 5.41) is 3.12. The van der Waals surface area contributed by atoms with Gasteiger partial charge in [-0.2, -0.15) is 0 Å². The molecule has 0 aliphatic carbocycles. The first-order chi connectivity index (χ1) is 6.85. The van der Waals surface area contributed by atoms with E-state index in [4.69, 9.17) is 10.6 Å². The number of nitrogens with two attached hydrogens (primary N) is 1. The summed E-state index contributed by atoms with van der Waals surface area (Å²) in [6.45, 7) is 4.55. The highest BCUT2D eigenvalue weighted by atomic mass is 16.5. The van der Waals surface area contributed by atoms with Crippen molar-refractivity contribution < 1.29 is 4.74 Å². The van der Waals surface area contributed by atoms with E-state index in [2.05, 4.69) is 22.7 Å². The van der Waals surface area contributed by atoms with E-state index in [9.17, 15) is 0 Å². The number of hydrazine groups is 1. The smallest absolute Gasteiger partial charge is 0.205 e. The molecule has 0 rings (SSSR count). The van der Waals surface area contributed by atoms with Crippen LogP contribution in [0.4, 0.5) is 0 Å². The summed E-state index contributed by atoms with van der Waals surface area (Å²) in [4.78, 5) is 4.22. The molecular weight excluding hydrogens is 180 g/mol. The van der Waals surface area contributed by atoms with Crippen LogP contribution < -0.4 is 16.6 Å². The van der Waals surface area contributed by atoms with E-state index in [1.165, 1.54) is 0 Å². The van der Waals surface area contributed by atoms with Crippen molar-refractivity contribution in [2.45, 2.75) is 26.2 Å². The van der Waals surface area contributed by atoms with Crippen LogP contribution in [0, 0.1) is 0 Å². The first kappa shape index (κ1) is 13.2. The number of unbranched alkanes of at least 4 members (excludes halogenated alkanes) is 1. The predicted molar refractivity (Wildman–Crippen MR) is 59.0 cm³/mol. The summed E-state index contributed by atoms with van der Waals surface area (Å²) in [6.07, 6.45) is 3.13. The number of guanidine groups is 1. The fourth-order valence-corrected chi connectivity index (χ4v) is 0.954. The molecule has 14 heavy (non-hydrogen) atoms. The molecule has 0 aliphatic heterocycles. The maximum Gasteiger partial charge on any atom is 0.205 e. The molecule has 0 spiro atoms. The van der Waals surface area contributed by atoms with Gasteiger partial charge in [-0.3, -0.25) is 10.4 Å². The van der Waals surface area contributed by atoms with E-state index >= 15 is 0 Å². The second kappa shape index (κ2) is 10.3. The third-order valence-electron chi connectivity index (χ3n) is 1.70. The Morgan fingerprint density at radius 2 is 2.21 bits per heavy atom. The Kier molecular flexibility index (Phi) is 9.68. The number of nitrogens with one attached hydrogen (secondary N) is 2. The zero-order valence-corrected chi connectivity index (χ0v) is 9.18. The highest BCUT2D eigenvalue weighted by Gasteiger charge is 1.93. The van der Waals surface area contributed by atoms with Gasteiger partial charge in [0.2, 0.25) is 5.96 Å². The predicted octanol–water partition coefficient (Wildman–Crippen LogP) is 0.232. The van der Waals surface area contributed by atoms with Gasteiger partial charge >= 0.3 is 0 Å². The number of hydrogen-bond acceptors (Lipinski definition) is 3. The molecule has 0 aromatic heterocycles. The number of nitrogens with zero attached hydrogens (tertiary/aromatic N) is 1. The van der Waals surface area contributed by atoms with Gasteiger partial charge in [0.05, 0.1) is 0 Å². The minimum absolute atomic E-state index is 0.671. The molecule has 0 heterocycles. The Morgan fingerprint density at radius 3 is 2.79 bits per heavy atom. The summed E-state index contributed by atoms with van der Waals surface area (Å²) in [5.74, 6) is 5.96. The first-order valence-electron chi connectivity index (χ1n) is 5.09. The second-order valence-corrected chi connectivity index (χ2v) is 3.00. The molecule has 0 fully saturated rings. The largest absolute Gasteiger partial charge is 0.385 e. The number of aliphatic imine (C=N–C) groups is 1. The van der Waals surface area contributed by atoms with Crippen molar-refractivity contribution in [1.29, 1.82) is 0 Å². The number of ether oxygens (including phenoxy) is 1. The van der Waals surface area contributed by atoms with E-state index in [0.717, 1.165) is 39.0 Å². The van der Waals surface area contributed by atoms with Crippen molar-refractivity contribution >= 4 is 5.96 Å². The summed E-state index contributed by atoms with van der Waals surface area (Å²) in [5.41, 5.74) is 2.54. The molecule has 0 aliphatic rings. The fourth-order valence-electron chi connectivity index (χ4n) is 0.954. The Bertz CT molecular complexity index is 150. The standard InChI is InChI=1S/C9H22N4O/c1-3-6-11-9(13-10)12-7-4-5-8-14-2/h3-8,10H2,1-2H3,(H2,11,12,13). The van der Waals surface area contributed by atoms with E-state index in [1.807, 2.05) is 0 Å². The third kappa shape index (κ3) is 7.82. The Hall–Kier alpha value is -0.810. The number of methoxy groups -OCH3 is 1. The second-order valence-electron chi connectivity index (χ2n) is 3.00. The highest BCUT2D eigenvalue weighted by molar-refractivity contribution is 5.79. The Labute approximate surface area is 86.1 Å². The molecule has 0 radical (unpaired) electrons. The van der Waals surface area contributed by atoms with Crippen LogP contribution in [0.1, 0.15) is 26.2 Å². The number of hydrogen-bond donors (Lipinski definition) is 3. The molecule has 4 N–H and O–H groups in total. The van der Waals surface area contributed by atoms with Crippen molar-refractivity contribution in [1.82, 2.24) is 10.7 Å². The summed E-state index contributed by atoms with van der Waals surface area (Å²) in [7, 11) is 1.71. The molecule has 5 heteroatoms. The lowest BCUT2D eigenvalue weighted by molar-refractivity contribution is 0.193. The molecule has 5 nitrogen and oxygen atoms in total. The maximum absolute atomic E-state index is 5.29. The van der Waals surface area contributed by atoms with Gasteiger partial charge in [-0.1, -0.05) is 6.92 Å². The van der Waals surface area contributed by atoms with Gasteiger partial charge in [0.25, 0.3) is 0 Å². The molecule has 0 amide bonds. The minimum atomic E-state index is 0.671. The van der Waals surface area contributed by atoms with E-state index in [-0.39, 0.29) is 0 Å². The number of rotatable bonds is 7. The van der Waals surface area contributed by atoms with Crippen LogP contribution >= 0.6 is 0 Å². The molecular formula is C9H22N4O. The van der Waals surface area contributed by atoms with Gasteiger partial charge in [0, 0.05) is 26.8 Å². The van der Waals surface area contributed by atoms with Crippen molar-refractivity contribution in [2.75, 3.05) is 26.8 Å². The SMILES string of the molecule is CCCN=C(NN)NCCCCOC. The highest BCUT2D eigenvalue weighted by Crippen LogP contribution is 1.86. The lowest BCUT2D eigenvalue weighted by Gasteiger charge is -2.08. The van der Waals surface area contributed by atoms with Crippen molar-refractivity contribution in [2.24, 2.45) is 10.8 Å². The fraction of sp³-hybridized carbons (Fsp3) is 0.889. The van der Waals surface area contributed by atoms with Crippen LogP contribution in [0.25, 0.3) is 0 Å². The van der Waals surface area contributed by atoms with Crippen LogP contribution in [-0.2, 0) is 4.74 Å². The van der Waals surface area contributed by atoms with Gasteiger partial charge in [-0.05, 0) is 19.3 Å². The van der Waals surface area contributed by atoms with Crippen LogP contribution in [-0.4, -0.2) is 32.8 Å². The molecule has 0 bridgehead atoms. The zero-order chi connectivity index (χ0) is 10.6. The zero-order valence-electron chi connectivity index (χ0n) is 9.18. The summed E-state index contributed by atoms with van der Waals surface area (Å²) >= 11 is 0. The molecule has 0 atom stereocenters. The normalized spacial score (nSPS) is 11.5. The van der Waals surface area contributed by atoms with Gasteiger partial charge in [0.1, 0.15) is 0 Å². The summed E-state index contributed by atoms with van der Waals surface area (Å²) < 4.78 is 4.94. The van der Waals surface area contributed by atoms with Crippen LogP contribution in [0.15, 0.2) is 4.99 Å². The summed E-state index contributed by atoms with van der Waals surface area (Å²) in [6, 6.07) is 0. The van der Waals surface area contributed by atoms with Crippen LogP contribution in [0.2, 0.25) is 0 Å². The van der Waals surface area contributed by atoms with Gasteiger partial charge < -0.3 is 10.1 Å². The van der Waals surface area contributed by atoms with Gasteiger partial charge in [-0.25, -0.2) is 5.84 Å². The topological polar surface area (TPSA) is 71.7 Å². The van der Waals surface area contributed by atoms with Gasteiger partial charge in [-0.15, -0.1) is 0 Å². The quantitative estimate of drug-likeness (QED) is 0.182. The molecule has 84 valence electrons. The van der Waals surface area contributed by atoms with Crippen molar-refractivity contribution in [3.05, 3.63) is 0 Å². The lowest BCUT2D eigenvalue weighted by atomic mass is 10.3. The Morgan fingerprint density at radius 1 is 1.43 bits per heavy atom. The first-order valence-corrected chi connectivity index (χ1v) is 5.09. The molecule has 0 unspecified atom stereocenters. The van der Waals surface area contributed by atoms with Crippen LogP contribution in [0.3, 0.4) is 0 Å². The van der Waals surface area contributed by atoms with Crippen molar-refractivity contribution in [3.63, 3.8) is 0 Å². The van der Waals surface area contributed by atoms with E-state index < -0.39 is 0 Å².